The minimum atomic E-state index is -1.26. The normalized spacial score (nSPS) is 24.1. The SMILES string of the molecule is Cc1ccc(C2=C[C@@H]3c4ccccc4O[C@@]4(C(=O)N(C)c5ccccc54)N3N2)cc1. The maximum Gasteiger partial charge on any atom is 0.293 e. The van der Waals surface area contributed by atoms with E-state index in [4.69, 9.17) is 4.74 Å². The molecule has 0 aliphatic carbocycles. The number of likely N-dealkylation sites (N-methyl/N-ethyl adjacent to an activating group) is 1. The van der Waals surface area contributed by atoms with Crippen LogP contribution in [0.2, 0.25) is 0 Å². The minimum absolute atomic E-state index is 0.103. The van der Waals surface area contributed by atoms with Crippen molar-refractivity contribution in [2.75, 3.05) is 11.9 Å². The van der Waals surface area contributed by atoms with Gasteiger partial charge >= 0.3 is 0 Å². The molecular formula is C25H21N3O2. The van der Waals surface area contributed by atoms with Gasteiger partial charge in [0.15, 0.2) is 0 Å². The van der Waals surface area contributed by atoms with Crippen LogP contribution in [0, 0.1) is 6.92 Å². The number of hydrogen-bond acceptors (Lipinski definition) is 4. The molecule has 0 saturated heterocycles. The fourth-order valence-electron chi connectivity index (χ4n) is 4.73. The third kappa shape index (κ3) is 2.13. The highest BCUT2D eigenvalue weighted by molar-refractivity contribution is 6.07. The van der Waals surface area contributed by atoms with Gasteiger partial charge in [-0.3, -0.25) is 4.79 Å². The first-order chi connectivity index (χ1) is 14.6. The van der Waals surface area contributed by atoms with Crippen molar-refractivity contribution >= 4 is 17.3 Å². The Balaban J connectivity index is 1.56. The number of carbonyl (C=O) groups is 1. The van der Waals surface area contributed by atoms with Gasteiger partial charge in [-0.05, 0) is 30.7 Å². The number of hydrogen-bond donors (Lipinski definition) is 1. The van der Waals surface area contributed by atoms with Gasteiger partial charge < -0.3 is 15.1 Å². The zero-order valence-electron chi connectivity index (χ0n) is 16.8. The molecule has 6 rings (SSSR count). The molecule has 3 aromatic rings. The number of fused-ring (bicyclic) bond motifs is 6. The van der Waals surface area contributed by atoms with Crippen molar-refractivity contribution in [1.82, 2.24) is 10.4 Å². The zero-order valence-corrected chi connectivity index (χ0v) is 16.8. The second-order valence-corrected chi connectivity index (χ2v) is 8.04. The Bertz CT molecular complexity index is 1220. The lowest BCUT2D eigenvalue weighted by Gasteiger charge is -2.45. The largest absolute Gasteiger partial charge is 0.457 e. The number of carbonyl (C=O) groups excluding carboxylic acids is 1. The van der Waals surface area contributed by atoms with Crippen LogP contribution in [0.25, 0.3) is 5.70 Å². The highest BCUT2D eigenvalue weighted by Crippen LogP contribution is 2.53. The summed E-state index contributed by atoms with van der Waals surface area (Å²) in [6.45, 7) is 2.08. The first-order valence-corrected chi connectivity index (χ1v) is 10.1. The molecule has 1 N–H and O–H groups in total. The van der Waals surface area contributed by atoms with Gasteiger partial charge in [0.05, 0.1) is 17.4 Å². The van der Waals surface area contributed by atoms with Crippen molar-refractivity contribution in [3.8, 4) is 5.75 Å². The molecule has 0 radical (unpaired) electrons. The number of aryl methyl sites for hydroxylation is 1. The van der Waals surface area contributed by atoms with E-state index in [0.29, 0.717) is 0 Å². The Morgan fingerprint density at radius 1 is 0.967 bits per heavy atom. The Hall–Kier alpha value is -3.57. The van der Waals surface area contributed by atoms with E-state index in [0.717, 1.165) is 33.8 Å². The Kier molecular flexibility index (Phi) is 3.44. The molecule has 5 nitrogen and oxygen atoms in total. The summed E-state index contributed by atoms with van der Waals surface area (Å²) < 4.78 is 6.55. The van der Waals surface area contributed by atoms with E-state index in [-0.39, 0.29) is 11.9 Å². The number of benzene rings is 3. The molecule has 30 heavy (non-hydrogen) atoms. The zero-order chi connectivity index (χ0) is 20.5. The Morgan fingerprint density at radius 3 is 2.53 bits per heavy atom. The molecule has 3 aromatic carbocycles. The van der Waals surface area contributed by atoms with Gasteiger partial charge in [0.1, 0.15) is 5.75 Å². The van der Waals surface area contributed by atoms with Gasteiger partial charge in [-0.15, -0.1) is 0 Å². The third-order valence-electron chi connectivity index (χ3n) is 6.27. The number of nitrogens with one attached hydrogen (secondary N) is 1. The van der Waals surface area contributed by atoms with Crippen molar-refractivity contribution in [1.29, 1.82) is 0 Å². The summed E-state index contributed by atoms with van der Waals surface area (Å²) in [7, 11) is 1.80. The number of amides is 1. The maximum absolute atomic E-state index is 13.7. The van der Waals surface area contributed by atoms with Gasteiger partial charge in [0, 0.05) is 18.2 Å². The van der Waals surface area contributed by atoms with Crippen LogP contribution in [0.1, 0.15) is 28.3 Å². The Labute approximate surface area is 175 Å². The number of rotatable bonds is 1. The smallest absolute Gasteiger partial charge is 0.293 e. The summed E-state index contributed by atoms with van der Waals surface area (Å²) in [5.41, 5.74) is 8.28. The van der Waals surface area contributed by atoms with Gasteiger partial charge in [-0.2, -0.15) is 5.01 Å². The molecule has 3 aliphatic heterocycles. The maximum atomic E-state index is 13.7. The van der Waals surface area contributed by atoms with Gasteiger partial charge in [-0.25, -0.2) is 0 Å². The predicted molar refractivity (Wildman–Crippen MR) is 115 cm³/mol. The summed E-state index contributed by atoms with van der Waals surface area (Å²) in [5, 5.41) is 1.97. The van der Waals surface area contributed by atoms with Crippen LogP contribution in [0.3, 0.4) is 0 Å². The second-order valence-electron chi connectivity index (χ2n) is 8.04. The lowest BCUT2D eigenvalue weighted by atomic mass is 9.95. The molecule has 0 aromatic heterocycles. The summed E-state index contributed by atoms with van der Waals surface area (Å²) >= 11 is 0. The molecule has 0 saturated carbocycles. The van der Waals surface area contributed by atoms with Gasteiger partial charge in [0.25, 0.3) is 11.6 Å². The van der Waals surface area contributed by atoms with Gasteiger partial charge in [-0.1, -0.05) is 66.2 Å². The van der Waals surface area contributed by atoms with Crippen LogP contribution in [0.5, 0.6) is 5.75 Å². The topological polar surface area (TPSA) is 44.8 Å². The molecular weight excluding hydrogens is 374 g/mol. The molecule has 3 heterocycles. The van der Waals surface area contributed by atoms with E-state index in [2.05, 4.69) is 48.8 Å². The fraction of sp³-hybridized carbons (Fsp3) is 0.160. The standard InChI is InChI=1S/C25H21N3O2/c1-16-11-13-17(14-12-16)20-15-22-18-7-3-6-10-23(18)30-25(28(22)26-20)19-8-4-5-9-21(19)27(2)24(25)29/h3-15,22,26H,1-2H3/t22-,25+/m1/s1. The number of anilines is 1. The molecule has 1 amide bonds. The summed E-state index contributed by atoms with van der Waals surface area (Å²) in [5.74, 6) is 0.634. The number of para-hydroxylation sites is 2. The molecule has 1 spiro atoms. The number of hydrazine groups is 1. The molecule has 2 atom stereocenters. The van der Waals surface area contributed by atoms with Crippen LogP contribution in [0.4, 0.5) is 5.69 Å². The van der Waals surface area contributed by atoms with Crippen LogP contribution in [0.15, 0.2) is 78.9 Å². The van der Waals surface area contributed by atoms with Crippen molar-refractivity contribution in [3.05, 3.63) is 101 Å². The molecule has 5 heteroatoms. The summed E-state index contributed by atoms with van der Waals surface area (Å²) in [6, 6.07) is 24.1. The minimum Gasteiger partial charge on any atom is -0.457 e. The molecule has 0 bridgehead atoms. The lowest BCUT2D eigenvalue weighted by Crippen LogP contribution is -2.61. The first-order valence-electron chi connectivity index (χ1n) is 10.1. The second kappa shape index (κ2) is 5.97. The highest BCUT2D eigenvalue weighted by Gasteiger charge is 2.62. The quantitative estimate of drug-likeness (QED) is 0.673. The van der Waals surface area contributed by atoms with E-state index in [1.165, 1.54) is 5.56 Å². The van der Waals surface area contributed by atoms with Crippen LogP contribution < -0.4 is 15.1 Å². The van der Waals surface area contributed by atoms with E-state index in [9.17, 15) is 4.79 Å². The van der Waals surface area contributed by atoms with Crippen molar-refractivity contribution < 1.29 is 9.53 Å². The fourth-order valence-corrected chi connectivity index (χ4v) is 4.73. The average molecular weight is 395 g/mol. The molecule has 3 aliphatic rings. The summed E-state index contributed by atoms with van der Waals surface area (Å²) in [6.07, 6.45) is 2.18. The highest BCUT2D eigenvalue weighted by atomic mass is 16.5. The molecule has 0 fully saturated rings. The third-order valence-corrected chi connectivity index (χ3v) is 6.27. The predicted octanol–water partition coefficient (Wildman–Crippen LogP) is 4.12. The van der Waals surface area contributed by atoms with Crippen molar-refractivity contribution in [2.24, 2.45) is 0 Å². The van der Waals surface area contributed by atoms with Crippen LogP contribution in [-0.4, -0.2) is 18.0 Å². The van der Waals surface area contributed by atoms with E-state index in [1.807, 2.05) is 47.5 Å². The lowest BCUT2D eigenvalue weighted by molar-refractivity contribution is -0.167. The molecule has 148 valence electrons. The van der Waals surface area contributed by atoms with Crippen LogP contribution >= 0.6 is 0 Å². The number of ether oxygens (including phenoxy) is 1. The average Bonchev–Trinajstić information content (AvgIpc) is 3.31. The molecule has 0 unspecified atom stereocenters. The first kappa shape index (κ1) is 17.3. The number of nitrogens with zero attached hydrogens (tertiary/aromatic N) is 2. The Morgan fingerprint density at radius 2 is 1.70 bits per heavy atom. The van der Waals surface area contributed by atoms with Crippen molar-refractivity contribution in [3.63, 3.8) is 0 Å². The van der Waals surface area contributed by atoms with Crippen molar-refractivity contribution in [2.45, 2.75) is 18.7 Å². The summed E-state index contributed by atoms with van der Waals surface area (Å²) in [4.78, 5) is 15.4. The van der Waals surface area contributed by atoms with E-state index < -0.39 is 5.72 Å². The van der Waals surface area contributed by atoms with Gasteiger partial charge in [0.2, 0.25) is 0 Å². The van der Waals surface area contributed by atoms with E-state index in [1.54, 1.807) is 11.9 Å². The van der Waals surface area contributed by atoms with E-state index >= 15 is 0 Å². The monoisotopic (exact) mass is 395 g/mol. The van der Waals surface area contributed by atoms with Crippen LogP contribution in [-0.2, 0) is 10.5 Å².